The van der Waals surface area contributed by atoms with Gasteiger partial charge in [0, 0.05) is 6.54 Å². The molecule has 2 aromatic rings. The summed E-state index contributed by atoms with van der Waals surface area (Å²) in [4.78, 5) is 24.5. The second-order valence-electron chi connectivity index (χ2n) is 4.99. The molecule has 7 heteroatoms. The summed E-state index contributed by atoms with van der Waals surface area (Å²) in [5.41, 5.74) is 1.01. The normalized spacial score (nSPS) is 12.2. The van der Waals surface area contributed by atoms with E-state index in [4.69, 9.17) is 18.9 Å². The van der Waals surface area contributed by atoms with Crippen molar-refractivity contribution in [3.8, 4) is 11.5 Å². The molecular weight excluding hydrogens is 314 g/mol. The fraction of sp³-hybridized carbons (Fsp3) is 0.176. The predicted octanol–water partition coefficient (Wildman–Crippen LogP) is 2.35. The van der Waals surface area contributed by atoms with Gasteiger partial charge in [-0.05, 0) is 12.1 Å². The maximum atomic E-state index is 12.3. The van der Waals surface area contributed by atoms with Crippen LogP contribution in [0.4, 0.5) is 0 Å². The average Bonchev–Trinajstić information content (AvgIpc) is 3.08. The lowest BCUT2D eigenvalue weighted by atomic mass is 10.2. The summed E-state index contributed by atoms with van der Waals surface area (Å²) < 4.78 is 21.8. The maximum Gasteiger partial charge on any atom is 0.358 e. The van der Waals surface area contributed by atoms with Crippen molar-refractivity contribution in [3.05, 3.63) is 59.8 Å². The summed E-state index contributed by atoms with van der Waals surface area (Å²) in [5.74, 6) is -1.14. The number of benzene rings is 1. The molecule has 1 aliphatic rings. The number of hydrogen-bond donors (Lipinski definition) is 0. The van der Waals surface area contributed by atoms with Gasteiger partial charge in [0.15, 0.2) is 11.4 Å². The number of carbonyl (C=O) groups excluding carboxylic acids is 2. The fourth-order valence-electron chi connectivity index (χ4n) is 2.53. The van der Waals surface area contributed by atoms with Crippen LogP contribution in [0.5, 0.6) is 11.5 Å². The van der Waals surface area contributed by atoms with Crippen molar-refractivity contribution in [1.82, 2.24) is 4.57 Å². The Hall–Kier alpha value is -3.22. The van der Waals surface area contributed by atoms with Gasteiger partial charge in [0.2, 0.25) is 11.5 Å². The number of carbonyl (C=O) groups is 2. The van der Waals surface area contributed by atoms with E-state index in [9.17, 15) is 9.59 Å². The highest BCUT2D eigenvalue weighted by Crippen LogP contribution is 2.45. The zero-order chi connectivity index (χ0) is 17.3. The first kappa shape index (κ1) is 15.7. The van der Waals surface area contributed by atoms with Crippen molar-refractivity contribution in [2.24, 2.45) is 0 Å². The van der Waals surface area contributed by atoms with Gasteiger partial charge in [-0.3, -0.25) is 0 Å². The van der Waals surface area contributed by atoms with Gasteiger partial charge >= 0.3 is 11.9 Å². The minimum atomic E-state index is -0.657. The molecule has 24 heavy (non-hydrogen) atoms. The first-order valence-corrected chi connectivity index (χ1v) is 7.08. The first-order chi connectivity index (χ1) is 11.6. The molecule has 0 fully saturated rings. The topological polar surface area (TPSA) is 76.0 Å². The predicted molar refractivity (Wildman–Crippen MR) is 83.1 cm³/mol. The Morgan fingerprint density at radius 3 is 1.96 bits per heavy atom. The van der Waals surface area contributed by atoms with Crippen molar-refractivity contribution in [2.45, 2.75) is 6.54 Å². The van der Waals surface area contributed by atoms with Crippen LogP contribution in [0.25, 0.3) is 0 Å². The lowest BCUT2D eigenvalue weighted by molar-refractivity contribution is 0.0573. The van der Waals surface area contributed by atoms with Crippen molar-refractivity contribution >= 4 is 11.9 Å². The second kappa shape index (κ2) is 6.11. The molecule has 0 amide bonds. The van der Waals surface area contributed by atoms with Gasteiger partial charge in [0.05, 0.1) is 14.2 Å². The molecule has 0 aliphatic carbocycles. The van der Waals surface area contributed by atoms with Crippen LogP contribution in [0.15, 0.2) is 42.9 Å². The van der Waals surface area contributed by atoms with Crippen LogP contribution in [0.3, 0.4) is 0 Å². The van der Waals surface area contributed by atoms with Gasteiger partial charge in [-0.15, -0.1) is 0 Å². The number of esters is 2. The van der Waals surface area contributed by atoms with Crippen LogP contribution < -0.4 is 9.47 Å². The molecular formula is C17H15NO6. The van der Waals surface area contributed by atoms with Crippen LogP contribution in [0.2, 0.25) is 0 Å². The zero-order valence-corrected chi connectivity index (χ0v) is 13.2. The number of hydrogen-bond acceptors (Lipinski definition) is 6. The molecule has 0 bridgehead atoms. The molecule has 2 heterocycles. The molecule has 1 aliphatic heterocycles. The monoisotopic (exact) mass is 329 g/mol. The number of ether oxygens (including phenoxy) is 4. The molecule has 3 rings (SSSR count). The van der Waals surface area contributed by atoms with E-state index < -0.39 is 11.9 Å². The van der Waals surface area contributed by atoms with Crippen LogP contribution >= 0.6 is 0 Å². The quantitative estimate of drug-likeness (QED) is 0.802. The largest absolute Gasteiger partial charge is 0.464 e. The summed E-state index contributed by atoms with van der Waals surface area (Å²) in [6.45, 7) is 3.79. The van der Waals surface area contributed by atoms with E-state index in [2.05, 4.69) is 6.58 Å². The van der Waals surface area contributed by atoms with Crippen molar-refractivity contribution in [1.29, 1.82) is 0 Å². The van der Waals surface area contributed by atoms with Gasteiger partial charge in [-0.1, -0.05) is 30.3 Å². The lowest BCUT2D eigenvalue weighted by Crippen LogP contribution is -2.19. The Labute approximate surface area is 138 Å². The number of aromatic nitrogens is 1. The number of rotatable bonds is 4. The Kier molecular flexibility index (Phi) is 3.99. The SMILES string of the molecule is C=C1Oc2c(c(C(=O)OC)n(Cc3ccccc3)c2C(=O)OC)O1. The third-order valence-corrected chi connectivity index (χ3v) is 3.55. The van der Waals surface area contributed by atoms with Crippen LogP contribution in [-0.4, -0.2) is 30.7 Å². The van der Waals surface area contributed by atoms with E-state index in [0.717, 1.165) is 5.56 Å². The highest BCUT2D eigenvalue weighted by molar-refractivity contribution is 6.00. The standard InChI is InChI=1S/C17H15NO6/c1-10-23-14-12(16(19)21-2)18(9-11-7-5-4-6-8-11)13(15(14)24-10)17(20)22-3/h4-8H,1,9H2,2-3H3. The van der Waals surface area contributed by atoms with Gasteiger partial charge in [0.25, 0.3) is 5.95 Å². The zero-order valence-electron chi connectivity index (χ0n) is 13.2. The summed E-state index contributed by atoms with van der Waals surface area (Å²) in [6.07, 6.45) is 0. The Bertz CT molecular complexity index is 776. The molecule has 0 radical (unpaired) electrons. The van der Waals surface area contributed by atoms with E-state index in [1.54, 1.807) is 0 Å². The Morgan fingerprint density at radius 2 is 1.50 bits per heavy atom. The Morgan fingerprint density at radius 1 is 1.00 bits per heavy atom. The Balaban J connectivity index is 2.21. The number of methoxy groups -OCH3 is 2. The van der Waals surface area contributed by atoms with E-state index in [-0.39, 0.29) is 35.4 Å². The molecule has 1 aromatic carbocycles. The minimum absolute atomic E-state index is 0.0258. The molecule has 7 nitrogen and oxygen atoms in total. The van der Waals surface area contributed by atoms with Crippen LogP contribution in [0, 0.1) is 0 Å². The van der Waals surface area contributed by atoms with Gasteiger partial charge < -0.3 is 23.5 Å². The maximum absolute atomic E-state index is 12.3. The van der Waals surface area contributed by atoms with Crippen molar-refractivity contribution in [3.63, 3.8) is 0 Å². The molecule has 0 saturated heterocycles. The molecule has 0 atom stereocenters. The second-order valence-corrected chi connectivity index (χ2v) is 4.99. The molecule has 1 aromatic heterocycles. The van der Waals surface area contributed by atoms with Gasteiger partial charge in [0.1, 0.15) is 0 Å². The van der Waals surface area contributed by atoms with E-state index in [0.29, 0.717) is 0 Å². The van der Waals surface area contributed by atoms with E-state index in [1.165, 1.54) is 18.8 Å². The number of fused-ring (bicyclic) bond motifs is 1. The third kappa shape index (κ3) is 2.50. The molecule has 124 valence electrons. The highest BCUT2D eigenvalue weighted by atomic mass is 16.7. The number of nitrogens with zero attached hydrogens (tertiary/aromatic N) is 1. The smallest absolute Gasteiger partial charge is 0.358 e. The molecule has 0 unspecified atom stereocenters. The van der Waals surface area contributed by atoms with Crippen LogP contribution in [0.1, 0.15) is 26.5 Å². The van der Waals surface area contributed by atoms with E-state index in [1.807, 2.05) is 30.3 Å². The van der Waals surface area contributed by atoms with Gasteiger partial charge in [-0.2, -0.15) is 0 Å². The molecule has 0 spiro atoms. The summed E-state index contributed by atoms with van der Waals surface area (Å²) in [7, 11) is 2.49. The fourth-order valence-corrected chi connectivity index (χ4v) is 2.53. The highest BCUT2D eigenvalue weighted by Gasteiger charge is 2.39. The van der Waals surface area contributed by atoms with Crippen molar-refractivity contribution in [2.75, 3.05) is 14.2 Å². The van der Waals surface area contributed by atoms with E-state index >= 15 is 0 Å². The minimum Gasteiger partial charge on any atom is -0.464 e. The van der Waals surface area contributed by atoms with Crippen molar-refractivity contribution < 1.29 is 28.5 Å². The summed E-state index contributed by atoms with van der Waals surface area (Å²) in [6, 6.07) is 9.33. The third-order valence-electron chi connectivity index (χ3n) is 3.55. The molecule has 0 saturated carbocycles. The lowest BCUT2D eigenvalue weighted by Gasteiger charge is -2.13. The first-order valence-electron chi connectivity index (χ1n) is 7.08. The van der Waals surface area contributed by atoms with Crippen LogP contribution in [-0.2, 0) is 16.0 Å². The molecule has 0 N–H and O–H groups in total. The van der Waals surface area contributed by atoms with Gasteiger partial charge in [-0.25, -0.2) is 9.59 Å². The summed E-state index contributed by atoms with van der Waals surface area (Å²) >= 11 is 0. The average molecular weight is 329 g/mol. The summed E-state index contributed by atoms with van der Waals surface area (Å²) in [5, 5.41) is 0.